The van der Waals surface area contributed by atoms with Gasteiger partial charge in [0.25, 0.3) is 5.91 Å². The lowest BCUT2D eigenvalue weighted by Crippen LogP contribution is -2.46. The highest BCUT2D eigenvalue weighted by molar-refractivity contribution is 7.92. The predicted octanol–water partition coefficient (Wildman–Crippen LogP) is 4.86. The minimum atomic E-state index is -3.65. The van der Waals surface area contributed by atoms with Crippen LogP contribution in [0.15, 0.2) is 109 Å². The second-order valence-corrected chi connectivity index (χ2v) is 12.7. The molecule has 0 spiro atoms. The maximum Gasteiger partial charge on any atom is 0.251 e. The number of amides is 1. The van der Waals surface area contributed by atoms with Gasteiger partial charge in [0.1, 0.15) is 5.75 Å². The highest BCUT2D eigenvalue weighted by atomic mass is 32.2. The number of rotatable bonds is 12. The first kappa shape index (κ1) is 30.3. The summed E-state index contributed by atoms with van der Waals surface area (Å²) in [6.45, 7) is 1.80. The Hall–Kier alpha value is -4.18. The SMILES string of the molecule is COc1cccc(CN2CO[C@@H]([C@H](Cc3ccccc3)NC(=O)c3cccc(N(C)S(=O)(=O)Cc4ccccc4)c3)C2)c1. The van der Waals surface area contributed by atoms with Gasteiger partial charge in [0, 0.05) is 25.7 Å². The molecule has 43 heavy (non-hydrogen) atoms. The number of anilines is 1. The van der Waals surface area contributed by atoms with Crippen molar-refractivity contribution in [2.45, 2.75) is 30.9 Å². The summed E-state index contributed by atoms with van der Waals surface area (Å²) in [5.41, 5.74) is 3.70. The lowest BCUT2D eigenvalue weighted by Gasteiger charge is -2.25. The summed E-state index contributed by atoms with van der Waals surface area (Å²) in [5, 5.41) is 3.19. The third-order valence-electron chi connectivity index (χ3n) is 7.59. The number of carbonyl (C=O) groups excluding carboxylic acids is 1. The fourth-order valence-electron chi connectivity index (χ4n) is 5.22. The van der Waals surface area contributed by atoms with Gasteiger partial charge >= 0.3 is 0 Å². The number of methoxy groups -OCH3 is 1. The molecule has 2 atom stereocenters. The number of hydrogen-bond acceptors (Lipinski definition) is 6. The topological polar surface area (TPSA) is 88.2 Å². The summed E-state index contributed by atoms with van der Waals surface area (Å²) in [6.07, 6.45) is 0.363. The Labute approximate surface area is 253 Å². The summed E-state index contributed by atoms with van der Waals surface area (Å²) in [4.78, 5) is 15.8. The van der Waals surface area contributed by atoms with Gasteiger partial charge in [0.05, 0.1) is 37.4 Å². The van der Waals surface area contributed by atoms with Crippen LogP contribution in [0.4, 0.5) is 5.69 Å². The quantitative estimate of drug-likeness (QED) is 0.250. The average Bonchev–Trinajstić information content (AvgIpc) is 3.49. The Morgan fingerprint density at radius 3 is 2.33 bits per heavy atom. The van der Waals surface area contributed by atoms with E-state index in [2.05, 4.69) is 16.3 Å². The largest absolute Gasteiger partial charge is 0.497 e. The van der Waals surface area contributed by atoms with Gasteiger partial charge in [-0.1, -0.05) is 78.9 Å². The molecular formula is C34H37N3O5S. The zero-order valence-electron chi connectivity index (χ0n) is 24.4. The summed E-state index contributed by atoms with van der Waals surface area (Å²) >= 11 is 0. The van der Waals surface area contributed by atoms with E-state index in [0.29, 0.717) is 43.1 Å². The number of nitrogens with zero attached hydrogens (tertiary/aromatic N) is 2. The molecule has 1 saturated heterocycles. The third-order valence-corrected chi connectivity index (χ3v) is 9.34. The van der Waals surface area contributed by atoms with Gasteiger partial charge in [0.2, 0.25) is 10.0 Å². The van der Waals surface area contributed by atoms with Crippen LogP contribution in [-0.2, 0) is 33.5 Å². The van der Waals surface area contributed by atoms with E-state index in [1.54, 1.807) is 43.5 Å². The van der Waals surface area contributed by atoms with Crippen molar-refractivity contribution in [3.05, 3.63) is 131 Å². The van der Waals surface area contributed by atoms with Crippen molar-refractivity contribution in [2.75, 3.05) is 31.7 Å². The molecule has 1 fully saturated rings. The van der Waals surface area contributed by atoms with Crippen LogP contribution in [0.2, 0.25) is 0 Å². The maximum atomic E-state index is 13.6. The van der Waals surface area contributed by atoms with Crippen molar-refractivity contribution in [3.63, 3.8) is 0 Å². The van der Waals surface area contributed by atoms with Crippen LogP contribution < -0.4 is 14.4 Å². The molecule has 1 aliphatic heterocycles. The summed E-state index contributed by atoms with van der Waals surface area (Å²) in [5.74, 6) is 0.390. The van der Waals surface area contributed by atoms with E-state index in [0.717, 1.165) is 16.9 Å². The van der Waals surface area contributed by atoms with Crippen molar-refractivity contribution >= 4 is 21.6 Å². The molecule has 0 aromatic heterocycles. The van der Waals surface area contributed by atoms with E-state index in [1.165, 1.54) is 11.4 Å². The summed E-state index contributed by atoms with van der Waals surface area (Å²) in [7, 11) is -0.488. The number of carbonyl (C=O) groups is 1. The lowest BCUT2D eigenvalue weighted by atomic mass is 10.00. The Kier molecular flexibility index (Phi) is 9.76. The fraction of sp³-hybridized carbons (Fsp3) is 0.265. The molecule has 5 rings (SSSR count). The van der Waals surface area contributed by atoms with Crippen LogP contribution in [0.3, 0.4) is 0 Å². The van der Waals surface area contributed by atoms with Gasteiger partial charge in [-0.2, -0.15) is 0 Å². The molecule has 0 unspecified atom stereocenters. The molecule has 4 aromatic rings. The number of hydrogen-bond donors (Lipinski definition) is 1. The highest BCUT2D eigenvalue weighted by Gasteiger charge is 2.32. The number of sulfonamides is 1. The monoisotopic (exact) mass is 599 g/mol. The molecular weight excluding hydrogens is 562 g/mol. The van der Waals surface area contributed by atoms with Crippen LogP contribution in [-0.4, -0.2) is 58.8 Å². The van der Waals surface area contributed by atoms with Gasteiger partial charge in [-0.3, -0.25) is 14.0 Å². The normalized spacial score (nSPS) is 16.0. The molecule has 8 nitrogen and oxygen atoms in total. The number of nitrogens with one attached hydrogen (secondary N) is 1. The molecule has 0 aliphatic carbocycles. The zero-order valence-corrected chi connectivity index (χ0v) is 25.2. The molecule has 1 heterocycles. The van der Waals surface area contributed by atoms with Gasteiger partial charge in [-0.05, 0) is 53.4 Å². The van der Waals surface area contributed by atoms with Crippen LogP contribution in [0.5, 0.6) is 5.75 Å². The van der Waals surface area contributed by atoms with Crippen molar-refractivity contribution in [1.82, 2.24) is 10.2 Å². The second-order valence-electron chi connectivity index (χ2n) is 10.7. The molecule has 1 N–H and O–H groups in total. The third kappa shape index (κ3) is 8.01. The van der Waals surface area contributed by atoms with Crippen molar-refractivity contribution in [1.29, 1.82) is 0 Å². The van der Waals surface area contributed by atoms with Crippen molar-refractivity contribution in [2.24, 2.45) is 0 Å². The van der Waals surface area contributed by atoms with E-state index in [9.17, 15) is 13.2 Å². The van der Waals surface area contributed by atoms with Crippen LogP contribution in [0.25, 0.3) is 0 Å². The fourth-order valence-corrected chi connectivity index (χ4v) is 6.47. The molecule has 0 radical (unpaired) electrons. The Morgan fingerprint density at radius 2 is 1.60 bits per heavy atom. The van der Waals surface area contributed by atoms with Gasteiger partial charge in [-0.15, -0.1) is 0 Å². The maximum absolute atomic E-state index is 13.6. The zero-order chi connectivity index (χ0) is 30.2. The number of ether oxygens (including phenoxy) is 2. The van der Waals surface area contributed by atoms with Crippen molar-refractivity contribution < 1.29 is 22.7 Å². The number of benzene rings is 4. The smallest absolute Gasteiger partial charge is 0.251 e. The first-order valence-corrected chi connectivity index (χ1v) is 15.8. The summed E-state index contributed by atoms with van der Waals surface area (Å²) < 4.78 is 39.1. The van der Waals surface area contributed by atoms with E-state index in [1.807, 2.05) is 66.7 Å². The highest BCUT2D eigenvalue weighted by Crippen LogP contribution is 2.23. The van der Waals surface area contributed by atoms with E-state index >= 15 is 0 Å². The minimum absolute atomic E-state index is 0.134. The molecule has 0 saturated carbocycles. The lowest BCUT2D eigenvalue weighted by molar-refractivity contribution is 0.0599. The Morgan fingerprint density at radius 1 is 0.930 bits per heavy atom. The average molecular weight is 600 g/mol. The molecule has 0 bridgehead atoms. The molecule has 224 valence electrons. The second kappa shape index (κ2) is 13.9. The first-order chi connectivity index (χ1) is 20.8. The van der Waals surface area contributed by atoms with Gasteiger partial charge < -0.3 is 14.8 Å². The van der Waals surface area contributed by atoms with Gasteiger partial charge in [0.15, 0.2) is 0 Å². The molecule has 9 heteroatoms. The van der Waals surface area contributed by atoms with E-state index < -0.39 is 10.0 Å². The molecule has 4 aromatic carbocycles. The van der Waals surface area contributed by atoms with Crippen LogP contribution in [0.1, 0.15) is 27.0 Å². The molecule has 1 amide bonds. The Balaban J connectivity index is 1.30. The first-order valence-electron chi connectivity index (χ1n) is 14.2. The predicted molar refractivity (Wildman–Crippen MR) is 168 cm³/mol. The summed E-state index contributed by atoms with van der Waals surface area (Å²) in [6, 6.07) is 33.4. The standard InChI is InChI=1S/C34H37N3O5S/c1-36(43(39,40)24-27-13-7-4-8-14-27)30-17-10-16-29(21-30)34(38)35-32(20-26-11-5-3-6-12-26)33-23-37(25-42-33)22-28-15-9-18-31(19-28)41-2/h3-19,21,32-33H,20,22-25H2,1-2H3,(H,35,38)/t32-,33+/m0/s1. The van der Waals surface area contributed by atoms with E-state index in [-0.39, 0.29) is 23.8 Å². The molecule has 1 aliphatic rings. The van der Waals surface area contributed by atoms with Crippen molar-refractivity contribution in [3.8, 4) is 5.75 Å². The van der Waals surface area contributed by atoms with E-state index in [4.69, 9.17) is 9.47 Å². The van der Waals surface area contributed by atoms with Crippen LogP contribution in [0, 0.1) is 0 Å². The van der Waals surface area contributed by atoms with Crippen LogP contribution >= 0.6 is 0 Å². The minimum Gasteiger partial charge on any atom is -0.497 e. The Bertz CT molecular complexity index is 1620. The van der Waals surface area contributed by atoms with Gasteiger partial charge in [-0.25, -0.2) is 8.42 Å².